The Bertz CT molecular complexity index is 689. The number of pyridine rings is 1. The minimum atomic E-state index is -1.04. The monoisotopic (exact) mass is 317 g/mol. The van der Waals surface area contributed by atoms with Crippen molar-refractivity contribution in [3.63, 3.8) is 0 Å². The van der Waals surface area contributed by atoms with Crippen LogP contribution in [0.1, 0.15) is 17.3 Å². The number of amides is 2. The van der Waals surface area contributed by atoms with E-state index in [2.05, 4.69) is 19.5 Å². The quantitative estimate of drug-likeness (QED) is 0.848. The number of rotatable bonds is 4. The lowest BCUT2D eigenvalue weighted by Crippen LogP contribution is -2.35. The minimum Gasteiger partial charge on any atom is -0.478 e. The Hall–Kier alpha value is -2.46. The molecule has 6 nitrogen and oxygen atoms in total. The fraction of sp³-hybridized carbons (Fsp3) is 0.133. The van der Waals surface area contributed by atoms with Crippen LogP contribution in [0.2, 0.25) is 0 Å². The van der Waals surface area contributed by atoms with Crippen molar-refractivity contribution in [3.05, 3.63) is 48.2 Å². The highest BCUT2D eigenvalue weighted by atomic mass is 31.0. The van der Waals surface area contributed by atoms with E-state index in [4.69, 9.17) is 5.11 Å². The van der Waals surface area contributed by atoms with Gasteiger partial charge in [-0.05, 0) is 37.3 Å². The Morgan fingerprint density at radius 1 is 1.32 bits per heavy atom. The first-order valence-electron chi connectivity index (χ1n) is 6.64. The number of benzene rings is 1. The van der Waals surface area contributed by atoms with Crippen LogP contribution in [-0.2, 0) is 0 Å². The number of nitrogens with zero attached hydrogens (tertiary/aromatic N) is 2. The fourth-order valence-corrected chi connectivity index (χ4v) is 2.09. The van der Waals surface area contributed by atoms with Crippen LogP contribution in [0.4, 0.5) is 16.2 Å². The van der Waals surface area contributed by atoms with Crippen LogP contribution in [-0.4, -0.2) is 28.6 Å². The average Bonchev–Trinajstić information content (AvgIpc) is 2.50. The maximum Gasteiger partial charge on any atom is 0.335 e. The molecule has 7 heteroatoms. The van der Waals surface area contributed by atoms with Gasteiger partial charge in [-0.15, -0.1) is 0 Å². The first kappa shape index (κ1) is 15.9. The van der Waals surface area contributed by atoms with Crippen molar-refractivity contribution in [3.8, 4) is 0 Å². The molecule has 1 unspecified atom stereocenters. The van der Waals surface area contributed by atoms with Gasteiger partial charge in [0, 0.05) is 12.2 Å². The van der Waals surface area contributed by atoms with E-state index in [0.717, 1.165) is 5.44 Å². The third-order valence-corrected chi connectivity index (χ3v) is 3.35. The molecule has 1 aromatic carbocycles. The van der Waals surface area contributed by atoms with E-state index in [0.29, 0.717) is 17.9 Å². The van der Waals surface area contributed by atoms with E-state index in [-0.39, 0.29) is 11.6 Å². The second kappa shape index (κ2) is 7.00. The molecule has 1 aromatic heterocycles. The molecule has 0 saturated heterocycles. The zero-order valence-corrected chi connectivity index (χ0v) is 13.1. The summed E-state index contributed by atoms with van der Waals surface area (Å²) in [6.45, 7) is 2.31. The third kappa shape index (κ3) is 3.80. The van der Waals surface area contributed by atoms with Crippen molar-refractivity contribution in [2.45, 2.75) is 6.92 Å². The molecule has 0 spiro atoms. The number of urea groups is 1. The molecule has 114 valence electrons. The van der Waals surface area contributed by atoms with Gasteiger partial charge in [-0.1, -0.05) is 15.3 Å². The Morgan fingerprint density at radius 2 is 2.09 bits per heavy atom. The summed E-state index contributed by atoms with van der Waals surface area (Å²) in [5.74, 6) is -1.04. The minimum absolute atomic E-state index is 0.120. The number of carbonyl (C=O) groups is 2. The number of anilines is 2. The molecule has 0 aliphatic heterocycles. The predicted octanol–water partition coefficient (Wildman–Crippen LogP) is 2.34. The van der Waals surface area contributed by atoms with Gasteiger partial charge in [-0.3, -0.25) is 9.88 Å². The van der Waals surface area contributed by atoms with Crippen LogP contribution in [0.3, 0.4) is 0 Å². The lowest BCUT2D eigenvalue weighted by atomic mass is 10.2. The summed E-state index contributed by atoms with van der Waals surface area (Å²) in [5.41, 5.74) is 2.00. The summed E-state index contributed by atoms with van der Waals surface area (Å²) >= 11 is 0. The highest BCUT2D eigenvalue weighted by Gasteiger charge is 2.15. The Balaban J connectivity index is 2.17. The molecular formula is C15H16N3O3P. The normalized spacial score (nSPS) is 10.1. The zero-order chi connectivity index (χ0) is 16.1. The van der Waals surface area contributed by atoms with Crippen molar-refractivity contribution in [1.82, 2.24) is 4.98 Å². The third-order valence-electron chi connectivity index (χ3n) is 3.00. The van der Waals surface area contributed by atoms with Gasteiger partial charge in [0.25, 0.3) is 0 Å². The van der Waals surface area contributed by atoms with Crippen LogP contribution in [0.25, 0.3) is 0 Å². The molecular weight excluding hydrogens is 301 g/mol. The Kier molecular flexibility index (Phi) is 5.07. The highest BCUT2D eigenvalue weighted by Crippen LogP contribution is 2.15. The molecule has 0 bridgehead atoms. The number of carbonyl (C=O) groups excluding carboxylic acids is 1. The van der Waals surface area contributed by atoms with Gasteiger partial charge >= 0.3 is 12.0 Å². The summed E-state index contributed by atoms with van der Waals surface area (Å²) in [7, 11) is 2.48. The second-order valence-electron chi connectivity index (χ2n) is 4.50. The van der Waals surface area contributed by atoms with Gasteiger partial charge in [-0.2, -0.15) is 0 Å². The number of aromatic nitrogens is 1. The second-order valence-corrected chi connectivity index (χ2v) is 5.09. The summed E-state index contributed by atoms with van der Waals surface area (Å²) in [5, 5.41) is 11.7. The van der Waals surface area contributed by atoms with Gasteiger partial charge in [0.15, 0.2) is 0 Å². The molecule has 22 heavy (non-hydrogen) atoms. The van der Waals surface area contributed by atoms with Crippen LogP contribution in [0.5, 0.6) is 0 Å². The van der Waals surface area contributed by atoms with Crippen LogP contribution in [0, 0.1) is 0 Å². The molecule has 0 fully saturated rings. The smallest absolute Gasteiger partial charge is 0.335 e. The number of hydrogen-bond acceptors (Lipinski definition) is 3. The van der Waals surface area contributed by atoms with Gasteiger partial charge in [0.2, 0.25) is 0 Å². The lowest BCUT2D eigenvalue weighted by Gasteiger charge is -2.21. The molecule has 2 amide bonds. The molecule has 0 aliphatic carbocycles. The summed E-state index contributed by atoms with van der Waals surface area (Å²) in [6.07, 6.45) is 1.61. The van der Waals surface area contributed by atoms with Crippen molar-refractivity contribution in [2.24, 2.45) is 0 Å². The zero-order valence-electron chi connectivity index (χ0n) is 12.0. The van der Waals surface area contributed by atoms with Crippen molar-refractivity contribution >= 4 is 38.1 Å². The van der Waals surface area contributed by atoms with Crippen molar-refractivity contribution < 1.29 is 14.7 Å². The largest absolute Gasteiger partial charge is 0.478 e. The summed E-state index contributed by atoms with van der Waals surface area (Å²) in [6, 6.07) is 9.35. The average molecular weight is 317 g/mol. The SMILES string of the molecule is CCN(C(=O)Nc1cccc(C(=O)O)c1)c1ccc(P)nc1. The summed E-state index contributed by atoms with van der Waals surface area (Å²) < 4.78 is 0. The van der Waals surface area contributed by atoms with Crippen molar-refractivity contribution in [1.29, 1.82) is 0 Å². The first-order valence-corrected chi connectivity index (χ1v) is 7.22. The number of hydrogen-bond donors (Lipinski definition) is 2. The van der Waals surface area contributed by atoms with E-state index in [1.807, 2.05) is 6.92 Å². The molecule has 2 rings (SSSR count). The summed E-state index contributed by atoms with van der Waals surface area (Å²) in [4.78, 5) is 29.0. The molecule has 0 aliphatic rings. The van der Waals surface area contributed by atoms with Crippen LogP contribution in [0.15, 0.2) is 42.6 Å². The molecule has 2 aromatic rings. The molecule has 1 atom stereocenters. The number of aromatic carboxylic acids is 1. The van der Waals surface area contributed by atoms with Gasteiger partial charge in [-0.25, -0.2) is 9.59 Å². The topological polar surface area (TPSA) is 82.5 Å². The maximum atomic E-state index is 12.3. The standard InChI is InChI=1S/C15H16N3O3P/c1-2-18(12-6-7-13(22)16-9-12)15(21)17-11-5-3-4-10(8-11)14(19)20/h3-9H,2,22H2,1H3,(H,17,21)(H,19,20). The van der Waals surface area contributed by atoms with E-state index in [1.165, 1.54) is 17.0 Å². The maximum absolute atomic E-state index is 12.3. The first-order chi connectivity index (χ1) is 10.5. The molecule has 0 radical (unpaired) electrons. The highest BCUT2D eigenvalue weighted by molar-refractivity contribution is 7.26. The van der Waals surface area contributed by atoms with E-state index >= 15 is 0 Å². The van der Waals surface area contributed by atoms with Crippen LogP contribution < -0.4 is 15.7 Å². The van der Waals surface area contributed by atoms with Gasteiger partial charge in [0.1, 0.15) is 0 Å². The van der Waals surface area contributed by atoms with Gasteiger partial charge < -0.3 is 10.4 Å². The number of carboxylic acids is 1. The number of nitrogens with one attached hydrogen (secondary N) is 1. The van der Waals surface area contributed by atoms with E-state index in [9.17, 15) is 9.59 Å². The number of carboxylic acid groups (broad SMARTS) is 1. The predicted molar refractivity (Wildman–Crippen MR) is 89.0 cm³/mol. The lowest BCUT2D eigenvalue weighted by molar-refractivity contribution is 0.0697. The molecule has 0 saturated carbocycles. The molecule has 1 heterocycles. The Morgan fingerprint density at radius 3 is 2.68 bits per heavy atom. The van der Waals surface area contributed by atoms with Crippen molar-refractivity contribution in [2.75, 3.05) is 16.8 Å². The Labute approximate surface area is 130 Å². The molecule has 2 N–H and O–H groups in total. The van der Waals surface area contributed by atoms with E-state index < -0.39 is 5.97 Å². The fourth-order valence-electron chi connectivity index (χ4n) is 1.92. The van der Waals surface area contributed by atoms with Crippen LogP contribution >= 0.6 is 9.24 Å². The van der Waals surface area contributed by atoms with Gasteiger partial charge in [0.05, 0.1) is 22.9 Å². The van der Waals surface area contributed by atoms with E-state index in [1.54, 1.807) is 30.5 Å².